The van der Waals surface area contributed by atoms with Gasteiger partial charge in [-0.25, -0.2) is 13.6 Å². The Bertz CT molecular complexity index is 599. The fourth-order valence-corrected chi connectivity index (χ4v) is 3.37. The summed E-state index contributed by atoms with van der Waals surface area (Å²) >= 11 is 0. The molecule has 2 unspecified atom stereocenters. The van der Waals surface area contributed by atoms with Gasteiger partial charge in [0.15, 0.2) is 0 Å². The van der Waals surface area contributed by atoms with E-state index in [9.17, 15) is 8.42 Å². The van der Waals surface area contributed by atoms with Crippen molar-refractivity contribution >= 4 is 10.0 Å². The summed E-state index contributed by atoms with van der Waals surface area (Å²) in [5, 5.41) is 8.63. The van der Waals surface area contributed by atoms with E-state index in [0.717, 1.165) is 18.6 Å². The molecule has 0 heterocycles. The van der Waals surface area contributed by atoms with Gasteiger partial charge in [0.25, 0.3) is 0 Å². The lowest BCUT2D eigenvalue weighted by molar-refractivity contribution is -0.114. The second-order valence-electron chi connectivity index (χ2n) is 6.13. The number of ether oxygens (including phenoxy) is 1. The van der Waals surface area contributed by atoms with Gasteiger partial charge < -0.3 is 10.1 Å². The van der Waals surface area contributed by atoms with Crippen molar-refractivity contribution in [1.82, 2.24) is 5.32 Å². The first kappa shape index (κ1) is 16.4. The lowest BCUT2D eigenvalue weighted by Crippen LogP contribution is -2.60. The van der Waals surface area contributed by atoms with Crippen LogP contribution in [0, 0.1) is 5.41 Å². The van der Waals surface area contributed by atoms with Gasteiger partial charge in [-0.1, -0.05) is 26.0 Å². The van der Waals surface area contributed by atoms with Crippen molar-refractivity contribution in [3.63, 3.8) is 0 Å². The highest BCUT2D eigenvalue weighted by Gasteiger charge is 2.48. The van der Waals surface area contributed by atoms with Crippen LogP contribution < -0.4 is 10.5 Å². The van der Waals surface area contributed by atoms with Crippen molar-refractivity contribution in [3.8, 4) is 0 Å². The minimum absolute atomic E-state index is 0.0908. The van der Waals surface area contributed by atoms with Crippen molar-refractivity contribution in [2.75, 3.05) is 6.61 Å². The van der Waals surface area contributed by atoms with E-state index < -0.39 is 10.0 Å². The Morgan fingerprint density at radius 2 is 2.14 bits per heavy atom. The van der Waals surface area contributed by atoms with Crippen LogP contribution >= 0.6 is 0 Å². The van der Waals surface area contributed by atoms with Crippen molar-refractivity contribution in [2.45, 2.75) is 50.8 Å². The van der Waals surface area contributed by atoms with E-state index >= 15 is 0 Å². The molecular weight excluding hydrogens is 288 g/mol. The Kier molecular flexibility index (Phi) is 4.72. The van der Waals surface area contributed by atoms with Gasteiger partial charge in [-0.15, -0.1) is 0 Å². The maximum absolute atomic E-state index is 11.3. The Balaban J connectivity index is 1.96. The monoisotopic (exact) mass is 312 g/mol. The number of hydrogen-bond acceptors (Lipinski definition) is 4. The number of nitrogens with two attached hydrogens (primary N) is 1. The highest BCUT2D eigenvalue weighted by Crippen LogP contribution is 2.42. The van der Waals surface area contributed by atoms with Gasteiger partial charge in [-0.05, 0) is 31.0 Å². The Morgan fingerprint density at radius 1 is 1.43 bits per heavy atom. The first-order valence-corrected chi connectivity index (χ1v) is 8.76. The van der Waals surface area contributed by atoms with Gasteiger partial charge in [-0.3, -0.25) is 0 Å². The van der Waals surface area contributed by atoms with Gasteiger partial charge in [0.2, 0.25) is 10.0 Å². The van der Waals surface area contributed by atoms with Crippen molar-refractivity contribution in [2.24, 2.45) is 10.6 Å². The van der Waals surface area contributed by atoms with Gasteiger partial charge in [0.1, 0.15) is 0 Å². The van der Waals surface area contributed by atoms with E-state index in [1.807, 2.05) is 13.0 Å². The zero-order valence-corrected chi connectivity index (χ0v) is 13.6. The average Bonchev–Trinajstić information content (AvgIpc) is 2.41. The SMILES string of the molecule is CCOC1CC(NCc2cccc(S(N)(=O)=O)c2)C1(C)C. The second-order valence-corrected chi connectivity index (χ2v) is 7.69. The minimum Gasteiger partial charge on any atom is -0.378 e. The van der Waals surface area contributed by atoms with E-state index in [1.165, 1.54) is 6.07 Å². The summed E-state index contributed by atoms with van der Waals surface area (Å²) in [6.45, 7) is 7.74. The van der Waals surface area contributed by atoms with Crippen LogP contribution in [0.15, 0.2) is 29.2 Å². The lowest BCUT2D eigenvalue weighted by Gasteiger charge is -2.52. The summed E-state index contributed by atoms with van der Waals surface area (Å²) in [6.07, 6.45) is 1.27. The van der Waals surface area contributed by atoms with E-state index in [-0.39, 0.29) is 16.4 Å². The second kappa shape index (κ2) is 6.04. The Hall–Kier alpha value is -0.950. The van der Waals surface area contributed by atoms with E-state index in [4.69, 9.17) is 9.88 Å². The van der Waals surface area contributed by atoms with Crippen LogP contribution in [0.25, 0.3) is 0 Å². The molecule has 3 N–H and O–H groups in total. The topological polar surface area (TPSA) is 81.4 Å². The smallest absolute Gasteiger partial charge is 0.238 e. The summed E-state index contributed by atoms with van der Waals surface area (Å²) < 4.78 is 28.4. The number of hydrogen-bond donors (Lipinski definition) is 2. The molecule has 1 aromatic carbocycles. The van der Waals surface area contributed by atoms with Crippen LogP contribution in [-0.4, -0.2) is 27.2 Å². The van der Waals surface area contributed by atoms with Crippen LogP contribution in [0.4, 0.5) is 0 Å². The third kappa shape index (κ3) is 3.63. The number of sulfonamides is 1. The van der Waals surface area contributed by atoms with Crippen LogP contribution in [-0.2, 0) is 21.3 Å². The molecule has 1 aliphatic rings. The zero-order valence-electron chi connectivity index (χ0n) is 12.8. The van der Waals surface area contributed by atoms with Gasteiger partial charge in [-0.2, -0.15) is 0 Å². The van der Waals surface area contributed by atoms with Gasteiger partial charge in [0.05, 0.1) is 11.0 Å². The molecule has 5 nitrogen and oxygen atoms in total. The molecule has 6 heteroatoms. The molecular formula is C15H24N2O3S. The first-order valence-electron chi connectivity index (χ1n) is 7.22. The highest BCUT2D eigenvalue weighted by molar-refractivity contribution is 7.89. The maximum Gasteiger partial charge on any atom is 0.238 e. The maximum atomic E-state index is 11.3. The molecule has 0 radical (unpaired) electrons. The minimum atomic E-state index is -3.64. The number of benzene rings is 1. The summed E-state index contributed by atoms with van der Waals surface area (Å²) in [7, 11) is -3.64. The molecule has 2 rings (SSSR count). The van der Waals surface area contributed by atoms with Gasteiger partial charge >= 0.3 is 0 Å². The number of nitrogens with one attached hydrogen (secondary N) is 1. The predicted molar refractivity (Wildman–Crippen MR) is 82.3 cm³/mol. The fourth-order valence-electron chi connectivity index (χ4n) is 2.79. The fraction of sp³-hybridized carbons (Fsp3) is 0.600. The van der Waals surface area contributed by atoms with Crippen molar-refractivity contribution < 1.29 is 13.2 Å². The molecule has 1 fully saturated rings. The molecule has 0 amide bonds. The molecule has 0 spiro atoms. The largest absolute Gasteiger partial charge is 0.378 e. The molecule has 0 aromatic heterocycles. The standard InChI is InChI=1S/C15H24N2O3S/c1-4-20-14-9-13(15(14,2)3)17-10-11-6-5-7-12(8-11)21(16,18)19/h5-8,13-14,17H,4,9-10H2,1-3H3,(H2,16,18,19). The summed E-state index contributed by atoms with van der Waals surface area (Å²) in [4.78, 5) is 0.155. The molecule has 0 saturated heterocycles. The van der Waals surface area contributed by atoms with E-state index in [0.29, 0.717) is 12.6 Å². The molecule has 1 aromatic rings. The van der Waals surface area contributed by atoms with E-state index in [1.54, 1.807) is 12.1 Å². The summed E-state index contributed by atoms with van der Waals surface area (Å²) in [5.74, 6) is 0. The number of primary sulfonamides is 1. The highest BCUT2D eigenvalue weighted by atomic mass is 32.2. The summed E-state index contributed by atoms with van der Waals surface area (Å²) in [6, 6.07) is 7.11. The normalized spacial score (nSPS) is 24.6. The van der Waals surface area contributed by atoms with Crippen LogP contribution in [0.1, 0.15) is 32.8 Å². The molecule has 2 atom stereocenters. The lowest BCUT2D eigenvalue weighted by atomic mass is 9.64. The molecule has 1 saturated carbocycles. The van der Waals surface area contributed by atoms with Crippen LogP contribution in [0.2, 0.25) is 0 Å². The van der Waals surface area contributed by atoms with Crippen LogP contribution in [0.5, 0.6) is 0 Å². The first-order chi connectivity index (χ1) is 9.75. The molecule has 1 aliphatic carbocycles. The van der Waals surface area contributed by atoms with Crippen molar-refractivity contribution in [3.05, 3.63) is 29.8 Å². The van der Waals surface area contributed by atoms with Gasteiger partial charge in [0, 0.05) is 24.6 Å². The van der Waals surface area contributed by atoms with E-state index in [2.05, 4.69) is 19.2 Å². The molecule has 0 bridgehead atoms. The predicted octanol–water partition coefficient (Wildman–Crippen LogP) is 1.63. The molecule has 21 heavy (non-hydrogen) atoms. The number of rotatable bonds is 6. The van der Waals surface area contributed by atoms with Crippen LogP contribution in [0.3, 0.4) is 0 Å². The Morgan fingerprint density at radius 3 is 2.71 bits per heavy atom. The zero-order chi connectivity index (χ0) is 15.7. The Labute approximate surface area is 126 Å². The summed E-state index contributed by atoms with van der Waals surface area (Å²) in [5.41, 5.74) is 1.00. The average molecular weight is 312 g/mol. The van der Waals surface area contributed by atoms with Crippen molar-refractivity contribution in [1.29, 1.82) is 0 Å². The quantitative estimate of drug-likeness (QED) is 0.836. The molecule has 118 valence electrons. The third-order valence-corrected chi connectivity index (χ3v) is 5.24. The molecule has 0 aliphatic heterocycles. The third-order valence-electron chi connectivity index (χ3n) is 4.33.